The number of rotatable bonds is 4. The molecular weight excluding hydrogens is 310 g/mol. The van der Waals surface area contributed by atoms with Crippen LogP contribution in [0.5, 0.6) is 0 Å². The van der Waals surface area contributed by atoms with E-state index in [1.807, 2.05) is 0 Å². The second-order valence-electron chi connectivity index (χ2n) is 6.26. The lowest BCUT2D eigenvalue weighted by molar-refractivity contribution is -0.159. The lowest BCUT2D eigenvalue weighted by atomic mass is 9.93. The Morgan fingerprint density at radius 1 is 1.17 bits per heavy atom. The van der Waals surface area contributed by atoms with Crippen molar-refractivity contribution < 1.29 is 24.9 Å². The predicted octanol–water partition coefficient (Wildman–Crippen LogP) is 2.10. The van der Waals surface area contributed by atoms with Crippen molar-refractivity contribution in [2.45, 2.75) is 44.6 Å². The number of benzene rings is 1. The smallest absolute Gasteiger partial charge is 0.414 e. The van der Waals surface area contributed by atoms with Gasteiger partial charge in [-0.3, -0.25) is 0 Å². The Balaban J connectivity index is 0.000000413. The van der Waals surface area contributed by atoms with Crippen molar-refractivity contribution in [1.82, 2.24) is 4.90 Å². The van der Waals surface area contributed by atoms with E-state index in [9.17, 15) is 5.11 Å². The molecule has 134 valence electrons. The van der Waals surface area contributed by atoms with Gasteiger partial charge in [-0.05, 0) is 69.4 Å². The quantitative estimate of drug-likeness (QED) is 0.575. The summed E-state index contributed by atoms with van der Waals surface area (Å²) in [5.74, 6) is -3.65. The van der Waals surface area contributed by atoms with Crippen molar-refractivity contribution in [2.24, 2.45) is 0 Å². The summed E-state index contributed by atoms with van der Waals surface area (Å²) in [6.45, 7) is 1.13. The number of aliphatic carboxylic acids is 2. The van der Waals surface area contributed by atoms with Crippen LogP contribution in [0.1, 0.15) is 48.5 Å². The van der Waals surface area contributed by atoms with Crippen LogP contribution in [0, 0.1) is 0 Å². The van der Waals surface area contributed by atoms with E-state index in [-0.39, 0.29) is 6.10 Å². The Hall–Kier alpha value is -1.92. The molecule has 6 nitrogen and oxygen atoms in total. The zero-order valence-electron chi connectivity index (χ0n) is 14.4. The van der Waals surface area contributed by atoms with Crippen LogP contribution < -0.4 is 0 Å². The zero-order chi connectivity index (χ0) is 18.1. The van der Waals surface area contributed by atoms with Gasteiger partial charge in [-0.15, -0.1) is 0 Å². The molecule has 2 rings (SSSR count). The minimum atomic E-state index is -1.82. The van der Waals surface area contributed by atoms with Crippen molar-refractivity contribution in [3.8, 4) is 0 Å². The van der Waals surface area contributed by atoms with Crippen molar-refractivity contribution in [2.75, 3.05) is 20.6 Å². The van der Waals surface area contributed by atoms with Gasteiger partial charge in [-0.1, -0.05) is 24.6 Å². The monoisotopic (exact) mass is 337 g/mol. The average Bonchev–Trinajstić information content (AvgIpc) is 2.70. The summed E-state index contributed by atoms with van der Waals surface area (Å²) in [5, 5.41) is 25.0. The molecule has 0 aliphatic heterocycles. The van der Waals surface area contributed by atoms with E-state index in [0.717, 1.165) is 32.2 Å². The molecule has 6 heteroatoms. The fourth-order valence-electron chi connectivity index (χ4n) is 2.89. The van der Waals surface area contributed by atoms with Crippen molar-refractivity contribution in [3.05, 3.63) is 34.9 Å². The van der Waals surface area contributed by atoms with Gasteiger partial charge in [0.1, 0.15) is 0 Å². The Morgan fingerprint density at radius 2 is 1.83 bits per heavy atom. The first-order valence-electron chi connectivity index (χ1n) is 8.22. The predicted molar refractivity (Wildman–Crippen MR) is 91.1 cm³/mol. The maximum absolute atomic E-state index is 10.2. The third-order valence-corrected chi connectivity index (χ3v) is 4.06. The lowest BCUT2D eigenvalue weighted by Crippen LogP contribution is -2.14. The number of aliphatic hydroxyl groups is 1. The van der Waals surface area contributed by atoms with Crippen LogP contribution in [-0.4, -0.2) is 52.8 Å². The first kappa shape index (κ1) is 20.1. The van der Waals surface area contributed by atoms with E-state index in [2.05, 4.69) is 37.2 Å². The molecule has 0 saturated heterocycles. The average molecular weight is 337 g/mol. The molecule has 0 spiro atoms. The number of nitrogens with zero attached hydrogens (tertiary/aromatic N) is 1. The molecule has 0 fully saturated rings. The molecule has 1 unspecified atom stereocenters. The van der Waals surface area contributed by atoms with E-state index in [1.165, 1.54) is 29.5 Å². The molecular formula is C18H27NO5. The number of aliphatic hydroxyl groups excluding tert-OH is 1. The van der Waals surface area contributed by atoms with Crippen molar-refractivity contribution in [1.29, 1.82) is 0 Å². The van der Waals surface area contributed by atoms with Gasteiger partial charge in [0.2, 0.25) is 0 Å². The Labute approximate surface area is 142 Å². The number of carboxylic acids is 2. The van der Waals surface area contributed by atoms with E-state index in [1.54, 1.807) is 0 Å². The standard InChI is InChI=1S/C16H25NO.C2H2O4/c1-17(2)12-6-8-13-7-5-10-15-14(13)9-3-4-11-16(15)18;3-1(4)2(5)6/h5,7,10,16,18H,3-4,6,8-9,11-12H2,1-2H3;(H,3,4)(H,5,6). The molecule has 1 aromatic rings. The molecule has 1 aliphatic rings. The van der Waals surface area contributed by atoms with Gasteiger partial charge in [-0.25, -0.2) is 9.59 Å². The van der Waals surface area contributed by atoms with Gasteiger partial charge in [0.25, 0.3) is 0 Å². The van der Waals surface area contributed by atoms with E-state index in [4.69, 9.17) is 19.8 Å². The van der Waals surface area contributed by atoms with Crippen molar-refractivity contribution in [3.63, 3.8) is 0 Å². The number of carbonyl (C=O) groups is 2. The van der Waals surface area contributed by atoms with Crippen LogP contribution in [-0.2, 0) is 22.4 Å². The summed E-state index contributed by atoms with van der Waals surface area (Å²) in [7, 11) is 4.24. The summed E-state index contributed by atoms with van der Waals surface area (Å²) >= 11 is 0. The lowest BCUT2D eigenvalue weighted by Gasteiger charge is -2.16. The highest BCUT2D eigenvalue weighted by molar-refractivity contribution is 6.27. The molecule has 24 heavy (non-hydrogen) atoms. The summed E-state index contributed by atoms with van der Waals surface area (Å²) < 4.78 is 0. The molecule has 0 bridgehead atoms. The Bertz CT molecular complexity index is 544. The van der Waals surface area contributed by atoms with Gasteiger partial charge in [0.15, 0.2) is 0 Å². The highest BCUT2D eigenvalue weighted by Gasteiger charge is 2.18. The zero-order valence-corrected chi connectivity index (χ0v) is 14.4. The fourth-order valence-corrected chi connectivity index (χ4v) is 2.89. The van der Waals surface area contributed by atoms with Crippen molar-refractivity contribution >= 4 is 11.9 Å². The molecule has 0 saturated carbocycles. The highest BCUT2D eigenvalue weighted by atomic mass is 16.4. The van der Waals surface area contributed by atoms with Gasteiger partial charge in [0.05, 0.1) is 6.10 Å². The summed E-state index contributed by atoms with van der Waals surface area (Å²) in [6, 6.07) is 6.46. The summed E-state index contributed by atoms with van der Waals surface area (Å²) in [5.41, 5.74) is 4.08. The maximum atomic E-state index is 10.2. The topological polar surface area (TPSA) is 98.1 Å². The number of hydrogen-bond donors (Lipinski definition) is 3. The van der Waals surface area contributed by atoms with Gasteiger partial charge < -0.3 is 20.2 Å². The molecule has 0 heterocycles. The SMILES string of the molecule is CN(C)CCCc1cccc2c1CCCCC2O.O=C(O)C(=O)O. The van der Waals surface area contributed by atoms with E-state index < -0.39 is 11.9 Å². The minimum absolute atomic E-state index is 0.240. The van der Waals surface area contributed by atoms with E-state index >= 15 is 0 Å². The second kappa shape index (κ2) is 10.1. The number of fused-ring (bicyclic) bond motifs is 1. The minimum Gasteiger partial charge on any atom is -0.473 e. The number of aryl methyl sites for hydroxylation is 1. The third kappa shape index (κ3) is 6.68. The van der Waals surface area contributed by atoms with Crippen LogP contribution in [0.2, 0.25) is 0 Å². The van der Waals surface area contributed by atoms with Crippen LogP contribution in [0.3, 0.4) is 0 Å². The van der Waals surface area contributed by atoms with E-state index in [0.29, 0.717) is 0 Å². The van der Waals surface area contributed by atoms with Crippen LogP contribution >= 0.6 is 0 Å². The van der Waals surface area contributed by atoms with Gasteiger partial charge in [0, 0.05) is 0 Å². The van der Waals surface area contributed by atoms with Gasteiger partial charge >= 0.3 is 11.9 Å². The van der Waals surface area contributed by atoms with Gasteiger partial charge in [-0.2, -0.15) is 0 Å². The Morgan fingerprint density at radius 3 is 2.42 bits per heavy atom. The first-order valence-corrected chi connectivity index (χ1v) is 8.22. The van der Waals surface area contributed by atoms with Crippen LogP contribution in [0.15, 0.2) is 18.2 Å². The Kier molecular flexibility index (Phi) is 8.43. The first-order chi connectivity index (χ1) is 11.3. The second-order valence-corrected chi connectivity index (χ2v) is 6.26. The largest absolute Gasteiger partial charge is 0.473 e. The number of hydrogen-bond acceptors (Lipinski definition) is 4. The molecule has 0 aromatic heterocycles. The molecule has 3 N–H and O–H groups in total. The molecule has 1 aromatic carbocycles. The molecule has 1 atom stereocenters. The highest BCUT2D eigenvalue weighted by Crippen LogP contribution is 2.31. The number of carboxylic acid groups (broad SMARTS) is 2. The third-order valence-electron chi connectivity index (χ3n) is 4.06. The molecule has 0 amide bonds. The van der Waals surface area contributed by atoms with Crippen LogP contribution in [0.4, 0.5) is 0 Å². The summed E-state index contributed by atoms with van der Waals surface area (Å²) in [4.78, 5) is 20.4. The normalized spacial score (nSPS) is 16.6. The fraction of sp³-hybridized carbons (Fsp3) is 0.556. The molecule has 1 aliphatic carbocycles. The maximum Gasteiger partial charge on any atom is 0.414 e. The van der Waals surface area contributed by atoms with Crippen LogP contribution in [0.25, 0.3) is 0 Å². The molecule has 0 radical (unpaired) electrons. The summed E-state index contributed by atoms with van der Waals surface area (Å²) in [6.07, 6.45) is 6.52.